The van der Waals surface area contributed by atoms with E-state index in [1.54, 1.807) is 23.1 Å². The molecule has 1 N–H and O–H groups in total. The zero-order chi connectivity index (χ0) is 17.4. The van der Waals surface area contributed by atoms with Gasteiger partial charge in [0.25, 0.3) is 5.91 Å². The summed E-state index contributed by atoms with van der Waals surface area (Å²) in [6, 6.07) is 14.1. The Morgan fingerprint density at radius 2 is 1.80 bits per heavy atom. The van der Waals surface area contributed by atoms with Crippen molar-refractivity contribution in [2.75, 3.05) is 31.1 Å². The Bertz CT molecular complexity index is 931. The highest BCUT2D eigenvalue weighted by Gasteiger charge is 2.24. The van der Waals surface area contributed by atoms with Crippen molar-refractivity contribution in [3.8, 4) is 0 Å². The zero-order valence-electron chi connectivity index (χ0n) is 13.5. The van der Waals surface area contributed by atoms with Crippen molar-refractivity contribution in [1.82, 2.24) is 9.88 Å². The molecule has 6 heteroatoms. The number of benzene rings is 2. The first-order valence-corrected chi connectivity index (χ1v) is 8.56. The van der Waals surface area contributed by atoms with E-state index in [-0.39, 0.29) is 11.7 Å². The number of nitrogens with one attached hydrogen (secondary N) is 1. The van der Waals surface area contributed by atoms with E-state index in [0.717, 1.165) is 18.8 Å². The van der Waals surface area contributed by atoms with Gasteiger partial charge in [0, 0.05) is 47.8 Å². The van der Waals surface area contributed by atoms with E-state index in [4.69, 9.17) is 11.6 Å². The van der Waals surface area contributed by atoms with Crippen molar-refractivity contribution < 1.29 is 9.18 Å². The quantitative estimate of drug-likeness (QED) is 0.755. The van der Waals surface area contributed by atoms with Gasteiger partial charge in [0.05, 0.1) is 0 Å². The van der Waals surface area contributed by atoms with Crippen molar-refractivity contribution in [2.24, 2.45) is 0 Å². The van der Waals surface area contributed by atoms with Crippen molar-refractivity contribution in [1.29, 1.82) is 0 Å². The number of nitrogens with zero attached hydrogens (tertiary/aromatic N) is 2. The fourth-order valence-electron chi connectivity index (χ4n) is 3.24. The lowest BCUT2D eigenvalue weighted by Gasteiger charge is -2.36. The maximum atomic E-state index is 13.8. The fourth-order valence-corrected chi connectivity index (χ4v) is 3.43. The van der Waals surface area contributed by atoms with Gasteiger partial charge in [-0.3, -0.25) is 4.79 Å². The van der Waals surface area contributed by atoms with E-state index in [9.17, 15) is 9.18 Å². The third kappa shape index (κ3) is 3.07. The standard InChI is InChI=1S/C19H17ClFN3O/c20-13-3-1-4-14(11-13)23-7-9-24(10-8-23)19(25)18-12-15-16(21)5-2-6-17(15)22-18/h1-6,11-12,22H,7-10H2. The number of H-pyrrole nitrogens is 1. The summed E-state index contributed by atoms with van der Waals surface area (Å²) >= 11 is 6.05. The van der Waals surface area contributed by atoms with E-state index in [1.807, 2.05) is 24.3 Å². The molecule has 0 bridgehead atoms. The lowest BCUT2D eigenvalue weighted by molar-refractivity contribution is 0.0742. The Kier molecular flexibility index (Phi) is 4.09. The zero-order valence-corrected chi connectivity index (χ0v) is 14.3. The molecule has 4 rings (SSSR count). The minimum Gasteiger partial charge on any atom is -0.368 e. The molecule has 4 nitrogen and oxygen atoms in total. The molecule has 0 spiro atoms. The lowest BCUT2D eigenvalue weighted by Crippen LogP contribution is -2.48. The van der Waals surface area contributed by atoms with Gasteiger partial charge in [0.2, 0.25) is 0 Å². The second-order valence-electron chi connectivity index (χ2n) is 6.14. The highest BCUT2D eigenvalue weighted by molar-refractivity contribution is 6.30. The molecule has 1 fully saturated rings. The van der Waals surface area contributed by atoms with Gasteiger partial charge >= 0.3 is 0 Å². The third-order valence-electron chi connectivity index (χ3n) is 4.58. The Morgan fingerprint density at radius 1 is 1.04 bits per heavy atom. The molecule has 0 unspecified atom stereocenters. The van der Waals surface area contributed by atoms with Gasteiger partial charge in [-0.1, -0.05) is 23.7 Å². The first-order valence-electron chi connectivity index (χ1n) is 8.19. The monoisotopic (exact) mass is 357 g/mol. The van der Waals surface area contributed by atoms with E-state index < -0.39 is 0 Å². The van der Waals surface area contributed by atoms with Crippen LogP contribution in [-0.4, -0.2) is 42.0 Å². The average molecular weight is 358 g/mol. The largest absolute Gasteiger partial charge is 0.368 e. The van der Waals surface area contributed by atoms with Crippen molar-refractivity contribution in [3.05, 3.63) is 65.1 Å². The molecule has 1 aromatic heterocycles. The van der Waals surface area contributed by atoms with Crippen LogP contribution in [0.4, 0.5) is 10.1 Å². The topological polar surface area (TPSA) is 39.3 Å². The Labute approximate surface area is 149 Å². The number of hydrogen-bond donors (Lipinski definition) is 1. The first-order chi connectivity index (χ1) is 12.1. The summed E-state index contributed by atoms with van der Waals surface area (Å²) in [5.74, 6) is -0.417. The summed E-state index contributed by atoms with van der Waals surface area (Å²) in [6.07, 6.45) is 0. The summed E-state index contributed by atoms with van der Waals surface area (Å²) in [5.41, 5.74) is 2.13. The van der Waals surface area contributed by atoms with Crippen LogP contribution in [0.5, 0.6) is 0 Å². The number of rotatable bonds is 2. The van der Waals surface area contributed by atoms with Crippen LogP contribution >= 0.6 is 11.6 Å². The van der Waals surface area contributed by atoms with Gasteiger partial charge in [0.1, 0.15) is 11.5 Å². The second-order valence-corrected chi connectivity index (χ2v) is 6.58. The Balaban J connectivity index is 1.48. The molecule has 1 aliphatic rings. The number of aromatic nitrogens is 1. The smallest absolute Gasteiger partial charge is 0.270 e. The highest BCUT2D eigenvalue weighted by atomic mass is 35.5. The highest BCUT2D eigenvalue weighted by Crippen LogP contribution is 2.23. The molecule has 0 atom stereocenters. The van der Waals surface area contributed by atoms with E-state index >= 15 is 0 Å². The lowest BCUT2D eigenvalue weighted by atomic mass is 10.2. The normalized spacial score (nSPS) is 15.0. The fraction of sp³-hybridized carbons (Fsp3) is 0.211. The van der Waals surface area contributed by atoms with Crippen LogP contribution in [0.1, 0.15) is 10.5 Å². The summed E-state index contributed by atoms with van der Waals surface area (Å²) < 4.78 is 13.8. The molecule has 1 saturated heterocycles. The number of fused-ring (bicyclic) bond motifs is 1. The van der Waals surface area contributed by atoms with Crippen LogP contribution < -0.4 is 4.90 Å². The van der Waals surface area contributed by atoms with E-state index in [2.05, 4.69) is 9.88 Å². The van der Waals surface area contributed by atoms with Gasteiger partial charge in [-0.05, 0) is 36.4 Å². The number of carbonyl (C=O) groups excluding carboxylic acids is 1. The van der Waals surface area contributed by atoms with E-state index in [1.165, 1.54) is 6.07 Å². The molecule has 0 aliphatic carbocycles. The van der Waals surface area contributed by atoms with Gasteiger partial charge < -0.3 is 14.8 Å². The number of aromatic amines is 1. The molecular formula is C19H17ClFN3O. The van der Waals surface area contributed by atoms with Crippen LogP contribution in [0, 0.1) is 5.82 Å². The number of carbonyl (C=O) groups is 1. The summed E-state index contributed by atoms with van der Waals surface area (Å²) in [4.78, 5) is 19.7. The number of amides is 1. The number of hydrogen-bond acceptors (Lipinski definition) is 2. The second kappa shape index (κ2) is 6.41. The van der Waals surface area contributed by atoms with Gasteiger partial charge in [-0.15, -0.1) is 0 Å². The Morgan fingerprint density at radius 3 is 2.52 bits per heavy atom. The summed E-state index contributed by atoms with van der Waals surface area (Å²) in [6.45, 7) is 2.70. The molecule has 25 heavy (non-hydrogen) atoms. The maximum absolute atomic E-state index is 13.8. The van der Waals surface area contributed by atoms with Crippen molar-refractivity contribution in [3.63, 3.8) is 0 Å². The SMILES string of the molecule is O=C(c1cc2c(F)cccc2[nH]1)N1CCN(c2cccc(Cl)c2)CC1. The molecule has 0 saturated carbocycles. The number of halogens is 2. The maximum Gasteiger partial charge on any atom is 0.270 e. The first kappa shape index (κ1) is 16.0. The van der Waals surface area contributed by atoms with Crippen molar-refractivity contribution >= 4 is 34.1 Å². The average Bonchev–Trinajstić information content (AvgIpc) is 3.07. The van der Waals surface area contributed by atoms with Crippen LogP contribution in [-0.2, 0) is 0 Å². The Hall–Kier alpha value is -2.53. The molecule has 3 aromatic rings. The molecule has 1 amide bonds. The van der Waals surface area contributed by atoms with Gasteiger partial charge in [0.15, 0.2) is 0 Å². The van der Waals surface area contributed by atoms with Crippen molar-refractivity contribution in [2.45, 2.75) is 0 Å². The molecule has 2 heterocycles. The summed E-state index contributed by atoms with van der Waals surface area (Å²) in [7, 11) is 0. The molecule has 128 valence electrons. The van der Waals surface area contributed by atoms with Gasteiger partial charge in [-0.25, -0.2) is 4.39 Å². The van der Waals surface area contributed by atoms with Gasteiger partial charge in [-0.2, -0.15) is 0 Å². The predicted molar refractivity (Wildman–Crippen MR) is 97.8 cm³/mol. The van der Waals surface area contributed by atoms with E-state index in [0.29, 0.717) is 34.7 Å². The minimum absolute atomic E-state index is 0.0960. The minimum atomic E-state index is -0.321. The number of anilines is 1. The summed E-state index contributed by atoms with van der Waals surface area (Å²) in [5, 5.41) is 1.15. The molecule has 0 radical (unpaired) electrons. The van der Waals surface area contributed by atoms with Crippen LogP contribution in [0.15, 0.2) is 48.5 Å². The van der Waals surface area contributed by atoms with Crippen LogP contribution in [0.25, 0.3) is 10.9 Å². The molecule has 2 aromatic carbocycles. The van der Waals surface area contributed by atoms with Crippen LogP contribution in [0.2, 0.25) is 5.02 Å². The predicted octanol–water partition coefficient (Wildman–Crippen LogP) is 3.92. The molecule has 1 aliphatic heterocycles. The molecular weight excluding hydrogens is 341 g/mol. The number of piperazine rings is 1. The third-order valence-corrected chi connectivity index (χ3v) is 4.82. The van der Waals surface area contributed by atoms with Crippen LogP contribution in [0.3, 0.4) is 0 Å².